The molecule has 6 rings (SSSR count). The van der Waals surface area contributed by atoms with Crippen LogP contribution in [-0.2, 0) is 24.3 Å². The monoisotopic (exact) mass is 666 g/mol. The van der Waals surface area contributed by atoms with Gasteiger partial charge in [0.15, 0.2) is 0 Å². The second kappa shape index (κ2) is 13.8. The molecule has 4 aromatic rings. The van der Waals surface area contributed by atoms with Crippen molar-refractivity contribution in [2.75, 3.05) is 38.5 Å². The fraction of sp³-hybridized carbons (Fsp3) is 0.529. The van der Waals surface area contributed by atoms with Crippen LogP contribution in [0.15, 0.2) is 30.6 Å². The lowest BCUT2D eigenvalue weighted by Gasteiger charge is -2.35. The van der Waals surface area contributed by atoms with Gasteiger partial charge in [0, 0.05) is 67.0 Å². The van der Waals surface area contributed by atoms with Crippen LogP contribution < -0.4 is 10.6 Å². The molecule has 0 radical (unpaired) electrons. The molecule has 3 aromatic heterocycles. The smallest absolute Gasteiger partial charge is 0.367 e. The van der Waals surface area contributed by atoms with Gasteiger partial charge in [0.25, 0.3) is 0 Å². The summed E-state index contributed by atoms with van der Waals surface area (Å²) in [6.45, 7) is 9.36. The number of benzene rings is 1. The average Bonchev–Trinajstić information content (AvgIpc) is 3.63. The number of nitrogens with zero attached hydrogens (tertiary/aromatic N) is 6. The lowest BCUT2D eigenvalue weighted by atomic mass is 9.95. The Morgan fingerprint density at radius 1 is 1.11 bits per heavy atom. The lowest BCUT2D eigenvalue weighted by molar-refractivity contribution is -0.127. The number of hydrogen-bond donors (Lipinski definition) is 2. The molecule has 0 bridgehead atoms. The maximum absolute atomic E-state index is 12.9. The fourth-order valence-corrected chi connectivity index (χ4v) is 8.17. The van der Waals surface area contributed by atoms with E-state index in [4.69, 9.17) is 0 Å². The number of piperidine rings is 2. The molecule has 0 spiro atoms. The minimum absolute atomic E-state index is 0.0763. The van der Waals surface area contributed by atoms with Gasteiger partial charge in [-0.25, -0.2) is 9.97 Å². The maximum Gasteiger partial charge on any atom is 0.393 e. The third-order valence-corrected chi connectivity index (χ3v) is 10.9. The van der Waals surface area contributed by atoms with Gasteiger partial charge in [0.2, 0.25) is 5.91 Å². The Morgan fingerprint density at radius 3 is 2.53 bits per heavy atom. The molecular formula is C34H41F3N8OS. The summed E-state index contributed by atoms with van der Waals surface area (Å²) in [6.07, 6.45) is -0.328. The number of amides is 1. The molecule has 250 valence electrons. The van der Waals surface area contributed by atoms with Crippen molar-refractivity contribution in [2.45, 2.75) is 77.3 Å². The molecule has 2 N–H and O–H groups in total. The zero-order valence-corrected chi connectivity index (χ0v) is 27.8. The first-order valence-electron chi connectivity index (χ1n) is 16.3. The molecule has 1 atom stereocenters. The van der Waals surface area contributed by atoms with Crippen LogP contribution in [0.5, 0.6) is 0 Å². The summed E-state index contributed by atoms with van der Waals surface area (Å²) in [5.74, 6) is 0.797. The van der Waals surface area contributed by atoms with Gasteiger partial charge in [-0.05, 0) is 81.9 Å². The number of aromatic nitrogens is 3. The number of hydrogen-bond acceptors (Lipinski definition) is 8. The van der Waals surface area contributed by atoms with Crippen molar-refractivity contribution >= 4 is 44.2 Å². The SMILES string of the molecule is CNC(=O)C1CCN(C(C)Cn2c(C#N)cc3c(C)c(CN4CCC(Nc5ncnc6sc(CC(F)(F)F)cc56)CC4)ccc32)CC1. The third-order valence-electron chi connectivity index (χ3n) is 9.88. The number of thiophene rings is 1. The number of rotatable bonds is 9. The topological polar surface area (TPSA) is 102 Å². The Balaban J connectivity index is 1.08. The van der Waals surface area contributed by atoms with Crippen molar-refractivity contribution in [1.82, 2.24) is 29.7 Å². The number of nitriles is 1. The molecule has 1 amide bonds. The highest BCUT2D eigenvalue weighted by Crippen LogP contribution is 2.34. The van der Waals surface area contributed by atoms with E-state index in [9.17, 15) is 23.2 Å². The zero-order valence-electron chi connectivity index (χ0n) is 27.0. The summed E-state index contributed by atoms with van der Waals surface area (Å²) in [6, 6.07) is 10.7. The van der Waals surface area contributed by atoms with E-state index >= 15 is 0 Å². The quantitative estimate of drug-likeness (QED) is 0.231. The molecule has 47 heavy (non-hydrogen) atoms. The highest BCUT2D eigenvalue weighted by atomic mass is 32.1. The van der Waals surface area contributed by atoms with Crippen LogP contribution in [-0.4, -0.2) is 81.7 Å². The first kappa shape index (κ1) is 33.2. The van der Waals surface area contributed by atoms with E-state index in [1.54, 1.807) is 13.1 Å². The van der Waals surface area contributed by atoms with Gasteiger partial charge < -0.3 is 15.2 Å². The average molecular weight is 667 g/mol. The number of carbonyl (C=O) groups excluding carboxylic acids is 1. The summed E-state index contributed by atoms with van der Waals surface area (Å²) in [4.78, 5) is 26.3. The van der Waals surface area contributed by atoms with Crippen LogP contribution in [0.2, 0.25) is 0 Å². The molecule has 1 unspecified atom stereocenters. The molecular weight excluding hydrogens is 625 g/mol. The number of carbonyl (C=O) groups is 1. The van der Waals surface area contributed by atoms with E-state index in [0.29, 0.717) is 28.3 Å². The van der Waals surface area contributed by atoms with Crippen molar-refractivity contribution in [1.29, 1.82) is 5.26 Å². The van der Waals surface area contributed by atoms with Crippen molar-refractivity contribution in [2.24, 2.45) is 5.92 Å². The Kier molecular flexibility index (Phi) is 9.73. The second-order valence-corrected chi connectivity index (χ2v) is 14.1. The lowest BCUT2D eigenvalue weighted by Crippen LogP contribution is -2.44. The van der Waals surface area contributed by atoms with Crippen LogP contribution in [0, 0.1) is 24.2 Å². The largest absolute Gasteiger partial charge is 0.393 e. The Labute approximate surface area is 276 Å². The highest BCUT2D eigenvalue weighted by molar-refractivity contribution is 7.18. The van der Waals surface area contributed by atoms with E-state index in [2.05, 4.69) is 67.0 Å². The molecule has 5 heterocycles. The van der Waals surface area contributed by atoms with Crippen LogP contribution in [0.3, 0.4) is 0 Å². The molecule has 2 aliphatic rings. The van der Waals surface area contributed by atoms with Gasteiger partial charge in [-0.1, -0.05) is 6.07 Å². The normalized spacial score (nSPS) is 18.1. The molecule has 9 nitrogen and oxygen atoms in total. The van der Waals surface area contributed by atoms with Gasteiger partial charge >= 0.3 is 6.18 Å². The standard InChI is InChI=1S/C34H41F3N8OS/c1-21(44-12-6-23(7-13-44)32(46)39-3)18-45-26(17-38)14-28-22(2)24(4-5-30(28)45)19-43-10-8-25(9-11-43)42-31-29-15-27(16-34(35,36)37)47-33(29)41-20-40-31/h4-5,14-15,20-21,23,25H,6-13,16,18-19H2,1-3H3,(H,39,46)(H,40,41,42). The van der Waals surface area contributed by atoms with E-state index < -0.39 is 12.6 Å². The molecule has 2 fully saturated rings. The summed E-state index contributed by atoms with van der Waals surface area (Å²) >= 11 is 1.07. The summed E-state index contributed by atoms with van der Waals surface area (Å²) in [5.41, 5.74) is 4.16. The summed E-state index contributed by atoms with van der Waals surface area (Å²) in [5, 5.41) is 18.0. The van der Waals surface area contributed by atoms with Crippen LogP contribution in [0.4, 0.5) is 19.0 Å². The van der Waals surface area contributed by atoms with Crippen molar-refractivity contribution in [3.63, 3.8) is 0 Å². The summed E-state index contributed by atoms with van der Waals surface area (Å²) in [7, 11) is 1.70. The second-order valence-electron chi connectivity index (χ2n) is 12.9. The number of anilines is 1. The molecule has 2 saturated heterocycles. The number of likely N-dealkylation sites (tertiary alicyclic amines) is 2. The fourth-order valence-electron chi connectivity index (χ4n) is 7.14. The molecule has 0 aliphatic carbocycles. The van der Waals surface area contributed by atoms with Gasteiger partial charge in [-0.3, -0.25) is 14.6 Å². The highest BCUT2D eigenvalue weighted by Gasteiger charge is 2.30. The number of alkyl halides is 3. The van der Waals surface area contributed by atoms with Gasteiger partial charge in [0.05, 0.1) is 11.8 Å². The first-order chi connectivity index (χ1) is 22.5. The minimum Gasteiger partial charge on any atom is -0.367 e. The van der Waals surface area contributed by atoms with Gasteiger partial charge in [0.1, 0.15) is 28.7 Å². The van der Waals surface area contributed by atoms with Crippen LogP contribution in [0.25, 0.3) is 21.1 Å². The molecule has 0 saturated carbocycles. The number of fused-ring (bicyclic) bond motifs is 2. The zero-order chi connectivity index (χ0) is 33.3. The number of halogens is 3. The number of nitrogens with one attached hydrogen (secondary N) is 2. The Morgan fingerprint density at radius 2 is 1.85 bits per heavy atom. The van der Waals surface area contributed by atoms with Crippen molar-refractivity contribution < 1.29 is 18.0 Å². The molecule has 13 heteroatoms. The minimum atomic E-state index is -4.26. The Hall–Kier alpha value is -3.73. The van der Waals surface area contributed by atoms with Gasteiger partial charge in [-0.2, -0.15) is 18.4 Å². The maximum atomic E-state index is 12.9. The van der Waals surface area contributed by atoms with Crippen LogP contribution in [0.1, 0.15) is 54.3 Å². The molecule has 1 aromatic carbocycles. The van der Waals surface area contributed by atoms with E-state index in [1.807, 2.05) is 6.07 Å². The van der Waals surface area contributed by atoms with E-state index in [-0.39, 0.29) is 28.8 Å². The number of aryl methyl sites for hydroxylation is 1. The summed E-state index contributed by atoms with van der Waals surface area (Å²) < 4.78 is 41.0. The van der Waals surface area contributed by atoms with E-state index in [0.717, 1.165) is 80.6 Å². The van der Waals surface area contributed by atoms with Gasteiger partial charge in [-0.15, -0.1) is 11.3 Å². The predicted octanol–water partition coefficient (Wildman–Crippen LogP) is 5.85. The molecule has 2 aliphatic heterocycles. The van der Waals surface area contributed by atoms with Crippen LogP contribution >= 0.6 is 11.3 Å². The van der Waals surface area contributed by atoms with Crippen molar-refractivity contribution in [3.8, 4) is 6.07 Å². The van der Waals surface area contributed by atoms with E-state index in [1.165, 1.54) is 17.5 Å². The van der Waals surface area contributed by atoms with Crippen molar-refractivity contribution in [3.05, 3.63) is 52.3 Å². The first-order valence-corrected chi connectivity index (χ1v) is 17.1. The predicted molar refractivity (Wildman–Crippen MR) is 178 cm³/mol. The Bertz CT molecular complexity index is 1780. The third kappa shape index (κ3) is 7.40.